The number of benzene rings is 2. The molecule has 4 saturated heterocycles. The van der Waals surface area contributed by atoms with Crippen molar-refractivity contribution in [2.24, 2.45) is 33.3 Å². The maximum atomic E-state index is 12.6. The van der Waals surface area contributed by atoms with Crippen molar-refractivity contribution in [2.45, 2.75) is 195 Å². The number of carbonyl (C=O) groups excluding carboxylic acids is 2. The van der Waals surface area contributed by atoms with Crippen LogP contribution in [0.25, 0.3) is 11.1 Å². The van der Waals surface area contributed by atoms with Crippen LogP contribution in [-0.4, -0.2) is 303 Å². The molecule has 0 radical (unpaired) electrons. The third-order valence-electron chi connectivity index (χ3n) is 22.7. The van der Waals surface area contributed by atoms with Gasteiger partial charge in [0.15, 0.2) is 24.9 Å². The van der Waals surface area contributed by atoms with Crippen molar-refractivity contribution in [3.63, 3.8) is 0 Å². The molecule has 690 valence electrons. The van der Waals surface area contributed by atoms with Crippen LogP contribution in [0.2, 0.25) is 0 Å². The Kier molecular flexibility index (Phi) is 37.7. The second-order valence-electron chi connectivity index (χ2n) is 36.1. The first kappa shape index (κ1) is 103. The van der Waals surface area contributed by atoms with Crippen LogP contribution in [0, 0.1) is 23.7 Å². The van der Waals surface area contributed by atoms with E-state index in [4.69, 9.17) is 61.6 Å². The highest BCUT2D eigenvalue weighted by Gasteiger charge is 2.49. The van der Waals surface area contributed by atoms with Gasteiger partial charge in [-0.3, -0.25) is 19.6 Å². The number of allylic oxidation sites excluding steroid dienone is 4. The third-order valence-corrected chi connectivity index (χ3v) is 28.5. The molecule has 2 aromatic carbocycles. The van der Waals surface area contributed by atoms with E-state index in [1.165, 1.54) is 0 Å². The number of pyridine rings is 2. The first-order valence-corrected chi connectivity index (χ1v) is 54.8. The van der Waals surface area contributed by atoms with Crippen molar-refractivity contribution in [3.8, 4) is 23.0 Å². The minimum Gasteiger partial charge on any atom is -0.481 e. The number of aliphatic hydroxyl groups excluding tert-OH is 9. The van der Waals surface area contributed by atoms with E-state index in [1.54, 1.807) is 101 Å². The fourth-order valence-corrected chi connectivity index (χ4v) is 19.1. The number of hydrogen-bond donors (Lipinski definition) is 14. The lowest BCUT2D eigenvalue weighted by molar-refractivity contribution is -0.144. The summed E-state index contributed by atoms with van der Waals surface area (Å²) in [7, 11) is 0. The second-order valence-corrected chi connectivity index (χ2v) is 53.3. The van der Waals surface area contributed by atoms with E-state index < -0.39 is 150 Å². The quantitative estimate of drug-likeness (QED) is 0.00720. The summed E-state index contributed by atoms with van der Waals surface area (Å²) in [6, 6.07) is 22.9. The number of anilines is 2. The zero-order chi connectivity index (χ0) is 92.3. The van der Waals surface area contributed by atoms with Crippen LogP contribution in [0.15, 0.2) is 167 Å². The topological polar surface area (TPSA) is 454 Å². The van der Waals surface area contributed by atoms with Gasteiger partial charge in [0.05, 0.1) is 47.5 Å². The number of aliphatic hydroxyl groups is 9. The van der Waals surface area contributed by atoms with Crippen molar-refractivity contribution in [2.75, 3.05) is 116 Å². The highest BCUT2D eigenvalue weighted by atomic mass is 31.2. The van der Waals surface area contributed by atoms with Gasteiger partial charge >= 0.3 is 18.1 Å². The summed E-state index contributed by atoms with van der Waals surface area (Å²) in [5.41, 5.74) is 34.0. The number of rotatable bonds is 32. The molecule has 2 aromatic heterocycles. The van der Waals surface area contributed by atoms with Gasteiger partial charge in [0.1, 0.15) is 66.4 Å². The Labute approximate surface area is 737 Å². The number of aliphatic carboxylic acids is 1. The maximum absolute atomic E-state index is 12.6. The largest absolute Gasteiger partial charge is 0.516 e. The average molecular weight is 1810 g/mol. The van der Waals surface area contributed by atoms with Crippen molar-refractivity contribution >= 4 is 82.2 Å². The van der Waals surface area contributed by atoms with Crippen LogP contribution >= 0.6 is 27.5 Å². The molecule has 8 heterocycles. The summed E-state index contributed by atoms with van der Waals surface area (Å²) < 4.78 is 37.8. The second kappa shape index (κ2) is 46.0. The zero-order valence-electron chi connectivity index (χ0n) is 74.5. The summed E-state index contributed by atoms with van der Waals surface area (Å²) >= 11 is 0. The van der Waals surface area contributed by atoms with E-state index in [2.05, 4.69) is 126 Å². The SMILES string of the molecule is C=C1C=C(N)C(C#CC)=CN1[C@@H]1O[C@H](CCP(=C)(C)C)[C@@H](O)[C@H]1O.C=C1C=C(N)C(CCO)=CN1[C@@H]1O[C@H](CCP(=C)(C)C)[C@@H](O)[C@H]1O.C=P(C)(C)CC[C@H]1O[C@@H](n2ccc(N)cc2=NCCCCC(C)C(=O)O)[C@H](O)[C@@H]1O.C=P(C)(C)CC[C@H]1O[C@@H](n2ccc(N)cc2=NCCCCC(C)C(=O)OC(=O)OCC2c3ccccc3-c3ccccc32)[C@H](O)[C@@H]1O. The molecular formula is C92H138N10O19P4. The van der Waals surface area contributed by atoms with Crippen LogP contribution in [0.3, 0.4) is 0 Å². The molecule has 0 spiro atoms. The molecule has 125 heavy (non-hydrogen) atoms. The number of fused-ring (bicyclic) bond motifs is 3. The fraction of sp³-hybridized carbons (Fsp3) is 0.533. The Balaban J connectivity index is 0.000000216. The normalized spacial score (nSPS) is 26.3. The summed E-state index contributed by atoms with van der Waals surface area (Å²) in [5, 5.41) is 102. The number of nitrogens with zero attached hydrogens (tertiary/aromatic N) is 6. The van der Waals surface area contributed by atoms with Crippen molar-refractivity contribution < 1.29 is 93.9 Å². The first-order chi connectivity index (χ1) is 58.7. The van der Waals surface area contributed by atoms with Crippen LogP contribution in [0.1, 0.15) is 121 Å². The number of carboxylic acids is 1. The number of ether oxygens (including phenoxy) is 6. The molecule has 33 heteroatoms. The average Bonchev–Trinajstić information content (AvgIpc) is 1.65. The molecule has 2 unspecified atom stereocenters. The molecule has 7 aliphatic rings. The molecule has 11 rings (SSSR count). The number of carbonyl (C=O) groups is 3. The Morgan fingerprint density at radius 1 is 0.528 bits per heavy atom. The maximum Gasteiger partial charge on any atom is 0.516 e. The zero-order valence-corrected chi connectivity index (χ0v) is 78.0. The van der Waals surface area contributed by atoms with Gasteiger partial charge in [-0.1, -0.05) is 94.3 Å². The molecule has 18 N–H and O–H groups in total. The van der Waals surface area contributed by atoms with Crippen molar-refractivity contribution in [3.05, 3.63) is 179 Å². The number of nitrogen functional groups attached to an aromatic ring is 2. The van der Waals surface area contributed by atoms with Crippen LogP contribution in [-0.2, 0) is 38.0 Å². The number of hydrogen-bond acceptors (Lipinski definition) is 26. The molecule has 29 nitrogen and oxygen atoms in total. The van der Waals surface area contributed by atoms with Crippen molar-refractivity contribution in [1.82, 2.24) is 18.9 Å². The number of nitrogens with two attached hydrogens (primary N) is 4. The van der Waals surface area contributed by atoms with Gasteiger partial charge in [-0.15, -0.1) is 58.7 Å². The van der Waals surface area contributed by atoms with Gasteiger partial charge < -0.3 is 121 Å². The molecule has 18 atom stereocenters. The number of unbranched alkanes of at least 4 members (excludes halogenated alkanes) is 2. The van der Waals surface area contributed by atoms with Gasteiger partial charge in [-0.25, -0.2) is 4.79 Å². The van der Waals surface area contributed by atoms with Gasteiger partial charge in [0.25, 0.3) is 0 Å². The van der Waals surface area contributed by atoms with E-state index in [0.717, 1.165) is 65.3 Å². The molecular weight excluding hydrogens is 1670 g/mol. The Bertz CT molecular complexity index is 4920. The molecule has 6 aliphatic heterocycles. The minimum atomic E-state index is -1.31. The van der Waals surface area contributed by atoms with Gasteiger partial charge in [0.2, 0.25) is 0 Å². The van der Waals surface area contributed by atoms with E-state index in [1.807, 2.05) is 36.4 Å². The lowest BCUT2D eigenvalue weighted by atomic mass is 9.98. The summed E-state index contributed by atoms with van der Waals surface area (Å²) in [6.07, 6.45) is 23.5. The fourth-order valence-electron chi connectivity index (χ4n) is 15.3. The summed E-state index contributed by atoms with van der Waals surface area (Å²) in [4.78, 5) is 48.6. The van der Waals surface area contributed by atoms with E-state index in [9.17, 15) is 55.2 Å². The molecule has 4 aromatic rings. The van der Waals surface area contributed by atoms with Gasteiger partial charge in [0, 0.05) is 91.0 Å². The monoisotopic (exact) mass is 1810 g/mol. The molecule has 0 amide bonds. The highest BCUT2D eigenvalue weighted by molar-refractivity contribution is 7.73. The minimum absolute atomic E-state index is 0.0255. The highest BCUT2D eigenvalue weighted by Crippen LogP contribution is 2.47. The number of carboxylic acid groups (broad SMARTS) is 1. The molecule has 1 aliphatic carbocycles. The predicted octanol–water partition coefficient (Wildman–Crippen LogP) is 8.15. The smallest absolute Gasteiger partial charge is 0.481 e. The summed E-state index contributed by atoms with van der Waals surface area (Å²) in [6.45, 7) is 26.1. The molecule has 0 bridgehead atoms. The number of esters is 1. The number of aromatic nitrogens is 2. The van der Waals surface area contributed by atoms with Crippen LogP contribution in [0.4, 0.5) is 16.2 Å². The lowest BCUT2D eigenvalue weighted by Gasteiger charge is -2.33. The molecule has 4 fully saturated rings. The van der Waals surface area contributed by atoms with Crippen LogP contribution in [0.5, 0.6) is 0 Å². The standard InChI is InChI=1S/C36H46N3O7P.C21H36N3O5P.C18H27N2O3P.C17H29N2O4P/c1-23(35(42)46-36(43)44-22-29-27-14-7-5-12-25(27)26-13-6-8-15-28(26)29)11-9-10-18-38-31-21-24(37)16-19-39(31)34-33(41)32(40)30(45-34)17-20-47(2,3)4;1-14(21(27)28)7-5-6-10-23-17-13-15(22)8-11-24(17)20-19(26)18(25)16(29-20)9-12-30(2,3)4;1-6-7-13-11-20(12(2)10-14(13)19)18-17(22)16(21)15(23-18)8-9-24(3,4)5;1-11-9-13(18)12(5-7-20)10-19(11)17-16(22)15(21)14(23-17)6-8-24(2,3)4/h5-8,12-16,19,21,23,29-30,32-34,40-41H,2,9-11,17-18,20,22,37H2,1,3-4H3;8,11,13-14,16,18-20,25-26H,2,5-7,9-10,12,22H2,1,3-4H3,(H,27,28);10-11,15-18,21-22H,2-3,8-9,19H2,1,4-5H3;9-10,14-17,20-22H,1-2,5-8,18H2,3-4H3/t23?,30-,32-,33-,34-;14?,16-,18-,19-,20-;15-,16-,17-,18-;14-,15-,16-,17-/m1111/s1. The Morgan fingerprint density at radius 2 is 0.904 bits per heavy atom. The van der Waals surface area contributed by atoms with Gasteiger partial charge in [-0.05, 0) is 195 Å². The van der Waals surface area contributed by atoms with Crippen LogP contribution < -0.4 is 33.9 Å². The van der Waals surface area contributed by atoms with E-state index in [-0.39, 0.29) is 25.0 Å². The van der Waals surface area contributed by atoms with E-state index in [0.29, 0.717) is 122 Å². The molecule has 0 saturated carbocycles. The van der Waals surface area contributed by atoms with Gasteiger partial charge in [-0.2, -0.15) is 0 Å². The van der Waals surface area contributed by atoms with E-state index >= 15 is 0 Å². The summed E-state index contributed by atoms with van der Waals surface area (Å²) in [5.74, 6) is 3.33. The van der Waals surface area contributed by atoms with Crippen molar-refractivity contribution in [1.29, 1.82) is 0 Å². The Hall–Kier alpha value is -7.77. The third kappa shape index (κ3) is 29.4. The lowest BCUT2D eigenvalue weighted by Crippen LogP contribution is -2.41. The predicted molar refractivity (Wildman–Crippen MR) is 506 cm³/mol. The first-order valence-electron chi connectivity index (χ1n) is 42.6. The Morgan fingerprint density at radius 3 is 1.30 bits per heavy atom.